The quantitative estimate of drug-likeness (QED) is 0.864. The Morgan fingerprint density at radius 2 is 1.86 bits per heavy atom. The summed E-state index contributed by atoms with van der Waals surface area (Å²) in [5.74, 6) is 1.01. The number of carbonyl (C=O) groups is 1. The summed E-state index contributed by atoms with van der Waals surface area (Å²) in [6.45, 7) is 4.69. The van der Waals surface area contributed by atoms with E-state index in [0.717, 1.165) is 23.6 Å². The molecule has 1 aliphatic carbocycles. The van der Waals surface area contributed by atoms with Gasteiger partial charge in [-0.3, -0.25) is 4.79 Å². The van der Waals surface area contributed by atoms with E-state index >= 15 is 0 Å². The molecule has 0 aliphatic heterocycles. The second-order valence-corrected chi connectivity index (χ2v) is 6.42. The predicted molar refractivity (Wildman–Crippen MR) is 88.1 cm³/mol. The lowest BCUT2D eigenvalue weighted by atomic mass is 10.0. The fraction of sp³-hybridized carbons (Fsp3) is 0.611. The Labute approximate surface area is 128 Å². The van der Waals surface area contributed by atoms with Crippen molar-refractivity contribution in [3.63, 3.8) is 0 Å². The molecule has 1 saturated carbocycles. The molecule has 0 unspecified atom stereocenters. The zero-order valence-electron chi connectivity index (χ0n) is 13.3. The number of anilines is 1. The fourth-order valence-corrected chi connectivity index (χ4v) is 3.27. The van der Waals surface area contributed by atoms with Crippen LogP contribution in [-0.2, 0) is 11.3 Å². The van der Waals surface area contributed by atoms with Crippen LogP contribution in [0.1, 0.15) is 57.9 Å². The van der Waals surface area contributed by atoms with Crippen LogP contribution in [0.5, 0.6) is 0 Å². The normalized spacial score (nSPS) is 15.6. The minimum Gasteiger partial charge on any atom is -0.326 e. The highest BCUT2D eigenvalue weighted by Crippen LogP contribution is 2.29. The smallest absolute Gasteiger partial charge is 0.227 e. The van der Waals surface area contributed by atoms with Gasteiger partial charge in [-0.15, -0.1) is 0 Å². The van der Waals surface area contributed by atoms with Gasteiger partial charge in [-0.05, 0) is 43.9 Å². The van der Waals surface area contributed by atoms with Crippen LogP contribution in [-0.4, -0.2) is 11.9 Å². The summed E-state index contributed by atoms with van der Waals surface area (Å²) >= 11 is 0. The Bertz CT molecular complexity index is 447. The molecule has 0 atom stereocenters. The summed E-state index contributed by atoms with van der Waals surface area (Å²) in [5, 5.41) is 0. The first-order valence-electron chi connectivity index (χ1n) is 8.23. The molecule has 0 saturated heterocycles. The number of nitrogens with two attached hydrogens (primary N) is 1. The average Bonchev–Trinajstić information content (AvgIpc) is 2.99. The van der Waals surface area contributed by atoms with Crippen molar-refractivity contribution in [2.45, 2.75) is 65.0 Å². The number of rotatable bonds is 6. The molecule has 1 aromatic carbocycles. The van der Waals surface area contributed by atoms with Gasteiger partial charge in [0.05, 0.1) is 0 Å². The Kier molecular flexibility index (Phi) is 5.80. The lowest BCUT2D eigenvalue weighted by Gasteiger charge is -2.27. The molecule has 0 spiro atoms. The van der Waals surface area contributed by atoms with Crippen LogP contribution in [0.15, 0.2) is 24.3 Å². The number of carbonyl (C=O) groups excluding carboxylic acids is 1. The van der Waals surface area contributed by atoms with Crippen LogP contribution in [0.25, 0.3) is 0 Å². The summed E-state index contributed by atoms with van der Waals surface area (Å²) in [4.78, 5) is 14.5. The van der Waals surface area contributed by atoms with Crippen molar-refractivity contribution >= 4 is 11.6 Å². The van der Waals surface area contributed by atoms with Crippen LogP contribution in [0.4, 0.5) is 5.69 Å². The summed E-state index contributed by atoms with van der Waals surface area (Å²) in [5.41, 5.74) is 7.72. The number of nitrogens with zero attached hydrogens (tertiary/aromatic N) is 1. The number of benzene rings is 1. The van der Waals surface area contributed by atoms with Crippen molar-refractivity contribution in [2.24, 2.45) is 11.7 Å². The summed E-state index contributed by atoms with van der Waals surface area (Å²) in [6.07, 6.45) is 7.01. The largest absolute Gasteiger partial charge is 0.326 e. The van der Waals surface area contributed by atoms with E-state index < -0.39 is 0 Å². The van der Waals surface area contributed by atoms with Gasteiger partial charge in [-0.1, -0.05) is 37.8 Å². The van der Waals surface area contributed by atoms with Crippen molar-refractivity contribution in [1.82, 2.24) is 0 Å². The molecule has 2 N–H and O–H groups in total. The molecule has 3 heteroatoms. The lowest BCUT2D eigenvalue weighted by molar-refractivity contribution is -0.119. The number of hydrogen-bond donors (Lipinski definition) is 1. The SMILES string of the molecule is CC(C)N(C(=O)CCC1CCCC1)c1ccc(CN)cc1. The maximum atomic E-state index is 12.6. The molecular weight excluding hydrogens is 260 g/mol. The Morgan fingerprint density at radius 1 is 1.24 bits per heavy atom. The minimum absolute atomic E-state index is 0.185. The van der Waals surface area contributed by atoms with E-state index in [1.165, 1.54) is 25.7 Å². The Morgan fingerprint density at radius 3 is 2.38 bits per heavy atom. The van der Waals surface area contributed by atoms with Gasteiger partial charge in [0.25, 0.3) is 0 Å². The molecule has 0 aromatic heterocycles. The van der Waals surface area contributed by atoms with Crippen molar-refractivity contribution in [2.75, 3.05) is 4.90 Å². The topological polar surface area (TPSA) is 46.3 Å². The van der Waals surface area contributed by atoms with Crippen LogP contribution in [0.3, 0.4) is 0 Å². The molecule has 21 heavy (non-hydrogen) atoms. The van der Waals surface area contributed by atoms with Crippen molar-refractivity contribution in [1.29, 1.82) is 0 Å². The molecule has 3 nitrogen and oxygen atoms in total. The molecule has 116 valence electrons. The highest BCUT2D eigenvalue weighted by molar-refractivity contribution is 5.93. The maximum absolute atomic E-state index is 12.6. The van der Waals surface area contributed by atoms with Crippen LogP contribution < -0.4 is 10.6 Å². The van der Waals surface area contributed by atoms with E-state index in [0.29, 0.717) is 13.0 Å². The molecule has 1 aliphatic rings. The third-order valence-electron chi connectivity index (χ3n) is 4.48. The highest BCUT2D eigenvalue weighted by atomic mass is 16.2. The van der Waals surface area contributed by atoms with Crippen molar-refractivity contribution in [3.8, 4) is 0 Å². The zero-order valence-corrected chi connectivity index (χ0v) is 13.3. The molecule has 1 amide bonds. The van der Waals surface area contributed by atoms with E-state index in [4.69, 9.17) is 5.73 Å². The van der Waals surface area contributed by atoms with Gasteiger partial charge >= 0.3 is 0 Å². The first-order chi connectivity index (χ1) is 10.1. The summed E-state index contributed by atoms with van der Waals surface area (Å²) < 4.78 is 0. The standard InChI is InChI=1S/C18H28N2O/c1-14(2)20(17-10-7-16(13-19)8-11-17)18(21)12-9-15-5-3-4-6-15/h7-8,10-11,14-15H,3-6,9,12-13,19H2,1-2H3. The molecule has 1 fully saturated rings. The van der Waals surface area contributed by atoms with Crippen LogP contribution in [0.2, 0.25) is 0 Å². The fourth-order valence-electron chi connectivity index (χ4n) is 3.27. The van der Waals surface area contributed by atoms with E-state index in [1.54, 1.807) is 0 Å². The molecule has 0 radical (unpaired) electrons. The minimum atomic E-state index is 0.185. The van der Waals surface area contributed by atoms with E-state index in [2.05, 4.69) is 13.8 Å². The third-order valence-corrected chi connectivity index (χ3v) is 4.48. The van der Waals surface area contributed by atoms with Crippen LogP contribution >= 0.6 is 0 Å². The molecular formula is C18H28N2O. The second-order valence-electron chi connectivity index (χ2n) is 6.42. The molecule has 2 rings (SSSR count). The highest BCUT2D eigenvalue weighted by Gasteiger charge is 2.21. The van der Waals surface area contributed by atoms with Gasteiger partial charge in [0, 0.05) is 24.7 Å². The molecule has 1 aromatic rings. The molecule has 0 heterocycles. The van der Waals surface area contributed by atoms with E-state index in [1.807, 2.05) is 29.2 Å². The Balaban J connectivity index is 2.00. The zero-order chi connectivity index (χ0) is 15.2. The average molecular weight is 288 g/mol. The van der Waals surface area contributed by atoms with Crippen molar-refractivity contribution in [3.05, 3.63) is 29.8 Å². The van der Waals surface area contributed by atoms with E-state index in [-0.39, 0.29) is 11.9 Å². The second kappa shape index (κ2) is 7.60. The van der Waals surface area contributed by atoms with E-state index in [9.17, 15) is 4.79 Å². The van der Waals surface area contributed by atoms with Gasteiger partial charge in [0.1, 0.15) is 0 Å². The number of amides is 1. The Hall–Kier alpha value is -1.35. The van der Waals surface area contributed by atoms with Crippen molar-refractivity contribution < 1.29 is 4.79 Å². The first-order valence-corrected chi connectivity index (χ1v) is 8.23. The van der Waals surface area contributed by atoms with Crippen LogP contribution in [0, 0.1) is 5.92 Å². The third kappa shape index (κ3) is 4.31. The summed E-state index contributed by atoms with van der Waals surface area (Å²) in [7, 11) is 0. The molecule has 0 bridgehead atoms. The van der Waals surface area contributed by atoms with Gasteiger partial charge in [0.15, 0.2) is 0 Å². The van der Waals surface area contributed by atoms with Gasteiger partial charge < -0.3 is 10.6 Å². The lowest BCUT2D eigenvalue weighted by Crippen LogP contribution is -2.37. The van der Waals surface area contributed by atoms with Gasteiger partial charge in [-0.25, -0.2) is 0 Å². The first kappa shape index (κ1) is 16.0. The van der Waals surface area contributed by atoms with Gasteiger partial charge in [0.2, 0.25) is 5.91 Å². The number of hydrogen-bond acceptors (Lipinski definition) is 2. The maximum Gasteiger partial charge on any atom is 0.227 e. The predicted octanol–water partition coefficient (Wildman–Crippen LogP) is 3.86. The monoisotopic (exact) mass is 288 g/mol. The summed E-state index contributed by atoms with van der Waals surface area (Å²) in [6, 6.07) is 8.22. The van der Waals surface area contributed by atoms with Gasteiger partial charge in [-0.2, -0.15) is 0 Å².